The fourth-order valence-electron chi connectivity index (χ4n) is 16.7. The summed E-state index contributed by atoms with van der Waals surface area (Å²) < 4.78 is 10.5. The molecule has 0 bridgehead atoms. The number of nitrogens with zero attached hydrogens (tertiary/aromatic N) is 14. The van der Waals surface area contributed by atoms with Gasteiger partial charge in [-0.1, -0.05) is 19.3 Å². The van der Waals surface area contributed by atoms with Crippen LogP contribution in [0.2, 0.25) is 0 Å². The number of piperidine rings is 2. The molecule has 100 heavy (non-hydrogen) atoms. The molecule has 3 atom stereocenters. The van der Waals surface area contributed by atoms with Crippen molar-refractivity contribution in [2.24, 2.45) is 0 Å². The first-order valence-electron chi connectivity index (χ1n) is 41.6. The van der Waals surface area contributed by atoms with E-state index in [-0.39, 0.29) is 5.54 Å². The number of hydrogen-bond donors (Lipinski definition) is 0. The molecule has 0 aromatic carbocycles. The lowest BCUT2D eigenvalue weighted by molar-refractivity contribution is -0.00742. The predicted molar refractivity (Wildman–Crippen MR) is 435 cm³/mol. The van der Waals surface area contributed by atoms with E-state index in [1.54, 1.807) is 14.2 Å². The summed E-state index contributed by atoms with van der Waals surface area (Å²) in [6.07, 6.45) is 12.9. The Morgan fingerprint density at radius 3 is 0.800 bits per heavy atom. The Labute approximate surface area is 624 Å². The minimum Gasteiger partial charge on any atom is -0.383 e. The first-order chi connectivity index (χ1) is 46.1. The first kappa shape index (κ1) is 91.7. The highest BCUT2D eigenvalue weighted by Gasteiger charge is 2.38. The topological polar surface area (TPSA) is 63.8 Å². The van der Waals surface area contributed by atoms with E-state index < -0.39 is 0 Å². The zero-order valence-corrected chi connectivity index (χ0v) is 73.0. The molecule has 10 aliphatic rings. The molecule has 0 spiro atoms. The Morgan fingerprint density at radius 1 is 0.270 bits per heavy atom. The standard InChI is InChI=1S/C13H28N2O2.3C12H24N2.2C12H26N2.C11H24N2/c1-13(2,3)15-8-6-14(7-9-15)12(10-16-4)11-17-5;1-12(2,3)14-9-7-13(8-10-14)11-5-4-6-11;2*1-12(2,3)14-9-8-13-7-5-4-6-11(13)10-14;1-11(2,3)13-7-9-14(10-8-13)12(4,5)6;1-10(2)14-8-7-13(9-11(14)3)12(4,5)6;1-10(2)12-6-8-13(9-7-12)11(3,4)5/h12H,6-11H2,1-5H3;3*11H,4-10H2,1-3H3;7-10H2,1-6H3;10-11H,7-9H2,1-6H3;10H,6-9H2,1-5H3. The summed E-state index contributed by atoms with van der Waals surface area (Å²) >= 11 is 0. The van der Waals surface area contributed by atoms with Crippen LogP contribution in [0.1, 0.15) is 259 Å². The van der Waals surface area contributed by atoms with Gasteiger partial charge in [0.1, 0.15) is 0 Å². The van der Waals surface area contributed by atoms with Crippen LogP contribution in [0.5, 0.6) is 0 Å². The Morgan fingerprint density at radius 2 is 0.530 bits per heavy atom. The average Bonchev–Trinajstić information content (AvgIpc) is 0.841. The zero-order chi connectivity index (χ0) is 75.4. The van der Waals surface area contributed by atoms with Crippen molar-refractivity contribution in [2.75, 3.05) is 204 Å². The Balaban J connectivity index is 0.000000248. The molecule has 0 amide bonds. The molecule has 1 saturated carbocycles. The third-order valence-electron chi connectivity index (χ3n) is 24.4. The van der Waals surface area contributed by atoms with Crippen LogP contribution in [0.15, 0.2) is 0 Å². The van der Waals surface area contributed by atoms with Crippen LogP contribution in [-0.4, -0.2) is 359 Å². The third kappa shape index (κ3) is 31.9. The highest BCUT2D eigenvalue weighted by Crippen LogP contribution is 2.30. The summed E-state index contributed by atoms with van der Waals surface area (Å²) in [5.74, 6) is 0. The van der Waals surface area contributed by atoms with E-state index >= 15 is 0 Å². The molecule has 9 saturated heterocycles. The second kappa shape index (κ2) is 41.2. The Bertz CT molecular complexity index is 2060. The minimum absolute atomic E-state index is 0.282. The molecule has 594 valence electrons. The van der Waals surface area contributed by atoms with Crippen molar-refractivity contribution in [1.29, 1.82) is 0 Å². The molecule has 0 aromatic heterocycles. The van der Waals surface area contributed by atoms with Gasteiger partial charge in [-0.05, 0) is 252 Å². The number of ether oxygens (including phenoxy) is 2. The molecule has 0 aromatic rings. The summed E-state index contributed by atoms with van der Waals surface area (Å²) in [6.45, 7) is 102. The summed E-state index contributed by atoms with van der Waals surface area (Å²) in [7, 11) is 3.52. The molecule has 0 radical (unpaired) electrons. The van der Waals surface area contributed by atoms with Gasteiger partial charge < -0.3 is 9.47 Å². The minimum atomic E-state index is 0.282. The van der Waals surface area contributed by atoms with Crippen LogP contribution in [0.25, 0.3) is 0 Å². The predicted octanol–water partition coefficient (Wildman–Crippen LogP) is 13.1. The van der Waals surface area contributed by atoms with Gasteiger partial charge in [0.15, 0.2) is 0 Å². The molecule has 16 heteroatoms. The van der Waals surface area contributed by atoms with Crippen LogP contribution < -0.4 is 0 Å². The molecular weight excluding hydrogens is 1240 g/mol. The van der Waals surface area contributed by atoms with E-state index in [1.165, 1.54) is 208 Å². The number of fused-ring (bicyclic) bond motifs is 2. The molecule has 10 rings (SSSR count). The monoisotopic (exact) mass is 1410 g/mol. The Kier molecular flexibility index (Phi) is 37.8. The lowest BCUT2D eigenvalue weighted by Gasteiger charge is -2.48. The SMILES string of the molecule is CC(C)(C)N1CCN(C(C)(C)C)CC1.CC(C)(C)N1CCN(C2CCC2)CC1.CC(C)(C)N1CCN2CCCCC2C1.CC(C)(C)N1CCN2CCCCC2C1.CC(C)N1CCN(C(C)(C)C)CC1.CC(C)N1CCN(C(C)(C)C)CC1C.COCC(COC)N1CCN(C(C)(C)C)CC1. The normalized spacial score (nSPS) is 26.0. The molecule has 10 fully saturated rings. The van der Waals surface area contributed by atoms with E-state index in [0.29, 0.717) is 62.9 Å². The van der Waals surface area contributed by atoms with Gasteiger partial charge in [0.05, 0.1) is 19.3 Å². The van der Waals surface area contributed by atoms with Crippen molar-refractivity contribution in [2.45, 2.75) is 345 Å². The molecule has 0 N–H and O–H groups in total. The maximum Gasteiger partial charge on any atom is 0.0640 e. The van der Waals surface area contributed by atoms with Gasteiger partial charge in [0, 0.05) is 258 Å². The quantitative estimate of drug-likeness (QED) is 0.232. The second-order valence-electron chi connectivity index (χ2n) is 40.5. The van der Waals surface area contributed by atoms with Crippen LogP contribution in [-0.2, 0) is 9.47 Å². The number of methoxy groups -OCH3 is 2. The molecule has 3 unspecified atom stereocenters. The molecule has 9 heterocycles. The smallest absolute Gasteiger partial charge is 0.0640 e. The summed E-state index contributed by atoms with van der Waals surface area (Å²) in [4.78, 5) is 36.5. The third-order valence-corrected chi connectivity index (χ3v) is 24.4. The average molecular weight is 1410 g/mol. The van der Waals surface area contributed by atoms with Gasteiger partial charge >= 0.3 is 0 Å². The van der Waals surface area contributed by atoms with Gasteiger partial charge in [-0.25, -0.2) is 0 Å². The maximum atomic E-state index is 5.27. The van der Waals surface area contributed by atoms with Crippen LogP contribution in [0.3, 0.4) is 0 Å². The summed E-state index contributed by atoms with van der Waals surface area (Å²) in [5.41, 5.74) is 2.73. The highest BCUT2D eigenvalue weighted by atomic mass is 16.5. The van der Waals surface area contributed by atoms with Gasteiger partial charge in [-0.2, -0.15) is 0 Å². The van der Waals surface area contributed by atoms with Crippen molar-refractivity contribution in [3.8, 4) is 0 Å². The fourth-order valence-corrected chi connectivity index (χ4v) is 16.7. The van der Waals surface area contributed by atoms with Crippen molar-refractivity contribution in [3.63, 3.8) is 0 Å². The maximum absolute atomic E-state index is 5.27. The fraction of sp³-hybridized carbons (Fsp3) is 1.00. The van der Waals surface area contributed by atoms with Crippen molar-refractivity contribution in [3.05, 3.63) is 0 Å². The van der Waals surface area contributed by atoms with E-state index in [9.17, 15) is 0 Å². The number of piperazine rings is 7. The first-order valence-corrected chi connectivity index (χ1v) is 41.6. The van der Waals surface area contributed by atoms with Gasteiger partial charge in [-0.15, -0.1) is 0 Å². The van der Waals surface area contributed by atoms with Crippen molar-refractivity contribution in [1.82, 2.24) is 68.6 Å². The van der Waals surface area contributed by atoms with Crippen LogP contribution >= 0.6 is 0 Å². The second-order valence-corrected chi connectivity index (χ2v) is 40.5. The van der Waals surface area contributed by atoms with E-state index in [4.69, 9.17) is 9.47 Å². The van der Waals surface area contributed by atoms with E-state index in [1.807, 2.05) is 0 Å². The zero-order valence-electron chi connectivity index (χ0n) is 73.0. The van der Waals surface area contributed by atoms with Gasteiger partial charge in [0.25, 0.3) is 0 Å². The summed E-state index contributed by atoms with van der Waals surface area (Å²) in [6, 6.07) is 5.15. The number of rotatable bonds is 8. The Hall–Kier alpha value is -0.640. The highest BCUT2D eigenvalue weighted by molar-refractivity contribution is 4.94. The number of hydrogen-bond acceptors (Lipinski definition) is 16. The van der Waals surface area contributed by atoms with E-state index in [0.717, 1.165) is 57.5 Å². The lowest BCUT2D eigenvalue weighted by Crippen LogP contribution is -2.59. The van der Waals surface area contributed by atoms with Gasteiger partial charge in [0.2, 0.25) is 0 Å². The van der Waals surface area contributed by atoms with Crippen molar-refractivity contribution >= 4 is 0 Å². The lowest BCUT2D eigenvalue weighted by atomic mass is 9.91. The molecule has 1 aliphatic carbocycles. The van der Waals surface area contributed by atoms with Crippen LogP contribution in [0, 0.1) is 0 Å². The molecule has 16 nitrogen and oxygen atoms in total. The van der Waals surface area contributed by atoms with E-state index in [2.05, 4.69) is 269 Å². The summed E-state index contributed by atoms with van der Waals surface area (Å²) in [5, 5.41) is 0. The largest absolute Gasteiger partial charge is 0.383 e. The molecule has 9 aliphatic heterocycles. The van der Waals surface area contributed by atoms with Crippen LogP contribution in [0.4, 0.5) is 0 Å². The molecular formula is C84H176N14O2. The van der Waals surface area contributed by atoms with Gasteiger partial charge in [-0.3, -0.25) is 68.6 Å². The van der Waals surface area contributed by atoms with Crippen molar-refractivity contribution < 1.29 is 9.47 Å².